The summed E-state index contributed by atoms with van der Waals surface area (Å²) >= 11 is 1.94. The number of hydrogen-bond donors (Lipinski definition) is 0. The zero-order valence-corrected chi connectivity index (χ0v) is 46.7. The lowest BCUT2D eigenvalue weighted by Crippen LogP contribution is -2.60. The minimum atomic E-state index is -0.166. The van der Waals surface area contributed by atoms with E-state index in [9.17, 15) is 0 Å². The first-order valence-corrected chi connectivity index (χ1v) is 27.7. The fourth-order valence-corrected chi connectivity index (χ4v) is 14.1. The highest BCUT2D eigenvalue weighted by molar-refractivity contribution is 7.26. The van der Waals surface area contributed by atoms with Crippen molar-refractivity contribution in [1.29, 1.82) is 0 Å². The zero-order chi connectivity index (χ0) is 51.8. The largest absolute Gasteiger partial charge is 0.310 e. The molecule has 0 atom stereocenters. The zero-order valence-electron chi connectivity index (χ0n) is 45.8. The summed E-state index contributed by atoms with van der Waals surface area (Å²) in [4.78, 5) is 5.16. The maximum Gasteiger partial charge on any atom is 0.252 e. The van der Waals surface area contributed by atoms with Gasteiger partial charge in [-0.3, -0.25) is 0 Å². The van der Waals surface area contributed by atoms with Crippen molar-refractivity contribution in [2.75, 3.05) is 9.80 Å². The molecule has 0 bridgehead atoms. The van der Waals surface area contributed by atoms with Crippen LogP contribution in [0.2, 0.25) is 0 Å². The van der Waals surface area contributed by atoms with E-state index in [0.29, 0.717) is 0 Å². The number of rotatable bonds is 4. The Labute approximate surface area is 443 Å². The average molecular weight is 982 g/mol. The second-order valence-corrected chi connectivity index (χ2v) is 27.4. The molecular formula is C69H68BN3S. The number of hydrogen-bond acceptors (Lipinski definition) is 3. The van der Waals surface area contributed by atoms with Crippen LogP contribution in [0.4, 0.5) is 34.1 Å². The number of benzene rings is 8. The maximum absolute atomic E-state index is 2.70. The fraction of sp³-hybridized carbons (Fsp3) is 0.275. The normalized spacial score (nSPS) is 14.7. The summed E-state index contributed by atoms with van der Waals surface area (Å²) in [6.45, 7) is 32.8. The van der Waals surface area contributed by atoms with E-state index in [1.165, 1.54) is 115 Å². The van der Waals surface area contributed by atoms with E-state index in [0.717, 1.165) is 17.1 Å². The standard InChI is InChI=1S/C69H68BN3S/c1-65(2,3)41-25-30-45(31-26-41)71(46-32-27-42(28-33-46)66(4,5)6)47-34-36-53-56(40-47)72(55-24-18-20-49-48-35-29-43(67(7,8)9)39-59(48)74-64(49)55)57-37-44(68(10,11)12)38-58-61(57)70(53)54-23-17-21-51-60-63(73(58)62(51)54)50-19-15-16-22-52(50)69(60,13)14/h15-40H,1-14H3. The Balaban J connectivity index is 1.14. The number of nitrogens with zero attached hydrogens (tertiary/aromatic N) is 3. The molecular weight excluding hydrogens is 914 g/mol. The smallest absolute Gasteiger partial charge is 0.252 e. The van der Waals surface area contributed by atoms with Crippen LogP contribution in [0, 0.1) is 0 Å². The monoisotopic (exact) mass is 982 g/mol. The summed E-state index contributed by atoms with van der Waals surface area (Å²) in [7, 11) is 0. The van der Waals surface area contributed by atoms with Crippen LogP contribution in [0.1, 0.15) is 130 Å². The molecule has 0 spiro atoms. The summed E-state index contributed by atoms with van der Waals surface area (Å²) < 4.78 is 5.34. The molecule has 2 aliphatic heterocycles. The third kappa shape index (κ3) is 6.84. The second-order valence-electron chi connectivity index (χ2n) is 26.3. The predicted molar refractivity (Wildman–Crippen MR) is 323 cm³/mol. The molecule has 0 N–H and O–H groups in total. The summed E-state index contributed by atoms with van der Waals surface area (Å²) in [5, 5.41) is 3.98. The van der Waals surface area contributed by atoms with E-state index in [4.69, 9.17) is 0 Å². The topological polar surface area (TPSA) is 11.4 Å². The highest BCUT2D eigenvalue weighted by Crippen LogP contribution is 2.56. The molecule has 5 heteroatoms. The summed E-state index contributed by atoms with van der Waals surface area (Å²) in [5.74, 6) is 0. The first kappa shape index (κ1) is 46.9. The summed E-state index contributed by atoms with van der Waals surface area (Å²) in [6.07, 6.45) is 0. The van der Waals surface area contributed by atoms with Gasteiger partial charge < -0.3 is 14.4 Å². The first-order valence-electron chi connectivity index (χ1n) is 26.9. The van der Waals surface area contributed by atoms with Gasteiger partial charge in [-0.05, 0) is 132 Å². The van der Waals surface area contributed by atoms with Crippen LogP contribution in [-0.4, -0.2) is 11.3 Å². The van der Waals surface area contributed by atoms with E-state index in [2.05, 4.69) is 269 Å². The van der Waals surface area contributed by atoms with E-state index in [1.54, 1.807) is 0 Å². The van der Waals surface area contributed by atoms with Gasteiger partial charge in [0.1, 0.15) is 0 Å². The van der Waals surface area contributed by atoms with Crippen LogP contribution in [-0.2, 0) is 27.1 Å². The SMILES string of the molecule is CC(C)(C)c1ccc(N(c2ccc(C(C)(C)C)cc2)c2ccc3c(c2)N(c2cccc4c2sc2cc(C(C)(C)C)ccc24)c2cc(C(C)(C)C)cc4c2B3c2cccc3c5c(n-4c23)-c2ccccc2C5(C)C)cc1. The molecule has 3 nitrogen and oxygen atoms in total. The van der Waals surface area contributed by atoms with Gasteiger partial charge in [0.2, 0.25) is 0 Å². The molecule has 0 amide bonds. The quantitative estimate of drug-likeness (QED) is 0.163. The minimum Gasteiger partial charge on any atom is -0.310 e. The van der Waals surface area contributed by atoms with Crippen LogP contribution >= 0.6 is 11.3 Å². The first-order chi connectivity index (χ1) is 35.0. The van der Waals surface area contributed by atoms with Crippen molar-refractivity contribution in [3.05, 3.63) is 191 Å². The molecule has 0 saturated carbocycles. The molecule has 10 aromatic rings. The minimum absolute atomic E-state index is 0.000411. The second kappa shape index (κ2) is 15.6. The molecule has 1 aliphatic carbocycles. The van der Waals surface area contributed by atoms with E-state index >= 15 is 0 Å². The Morgan fingerprint density at radius 3 is 1.69 bits per heavy atom. The van der Waals surface area contributed by atoms with Crippen molar-refractivity contribution < 1.29 is 0 Å². The summed E-state index contributed by atoms with van der Waals surface area (Å²) in [5.41, 5.74) is 24.5. The van der Waals surface area contributed by atoms with Crippen LogP contribution in [0.15, 0.2) is 158 Å². The molecule has 4 heterocycles. The molecule has 13 rings (SSSR count). The average Bonchev–Trinajstić information content (AvgIpc) is 4.04. The van der Waals surface area contributed by atoms with Gasteiger partial charge in [0.05, 0.1) is 16.1 Å². The van der Waals surface area contributed by atoms with Gasteiger partial charge >= 0.3 is 0 Å². The Hall–Kier alpha value is -6.82. The van der Waals surface area contributed by atoms with Crippen molar-refractivity contribution in [1.82, 2.24) is 4.57 Å². The highest BCUT2D eigenvalue weighted by atomic mass is 32.1. The molecule has 0 radical (unpaired) electrons. The molecule has 0 saturated heterocycles. The van der Waals surface area contributed by atoms with Crippen molar-refractivity contribution in [2.45, 2.75) is 124 Å². The van der Waals surface area contributed by atoms with Gasteiger partial charge in [0, 0.05) is 71.5 Å². The number of para-hydroxylation sites is 1. The fourth-order valence-electron chi connectivity index (χ4n) is 12.9. The van der Waals surface area contributed by atoms with Crippen LogP contribution in [0.3, 0.4) is 0 Å². The van der Waals surface area contributed by atoms with Crippen LogP contribution in [0.25, 0.3) is 48.0 Å². The highest BCUT2D eigenvalue weighted by Gasteiger charge is 2.48. The molecule has 368 valence electrons. The summed E-state index contributed by atoms with van der Waals surface area (Å²) in [6, 6.07) is 61.7. The predicted octanol–water partition coefficient (Wildman–Crippen LogP) is 17.6. The molecule has 3 aliphatic rings. The lowest BCUT2D eigenvalue weighted by molar-refractivity contribution is 0.590. The Morgan fingerprint density at radius 2 is 1.04 bits per heavy atom. The Morgan fingerprint density at radius 1 is 0.459 bits per heavy atom. The number of aromatic nitrogens is 1. The Bertz CT molecular complexity index is 3910. The third-order valence-corrected chi connectivity index (χ3v) is 18.2. The number of fused-ring (bicyclic) bond motifs is 12. The molecule has 0 unspecified atom stereocenters. The number of thiophene rings is 1. The van der Waals surface area contributed by atoms with Crippen LogP contribution < -0.4 is 26.2 Å². The third-order valence-electron chi connectivity index (χ3n) is 17.0. The van der Waals surface area contributed by atoms with Gasteiger partial charge in [-0.25, -0.2) is 0 Å². The Kier molecular flexibility index (Phi) is 9.91. The van der Waals surface area contributed by atoms with Gasteiger partial charge in [0.25, 0.3) is 6.71 Å². The van der Waals surface area contributed by atoms with E-state index < -0.39 is 0 Å². The lowest BCUT2D eigenvalue weighted by atomic mass is 9.33. The van der Waals surface area contributed by atoms with Crippen LogP contribution in [0.5, 0.6) is 0 Å². The van der Waals surface area contributed by atoms with Crippen molar-refractivity contribution in [3.63, 3.8) is 0 Å². The van der Waals surface area contributed by atoms with Gasteiger partial charge in [-0.1, -0.05) is 194 Å². The van der Waals surface area contributed by atoms with Crippen molar-refractivity contribution >= 4 is 99.6 Å². The van der Waals surface area contributed by atoms with Crippen molar-refractivity contribution in [2.24, 2.45) is 0 Å². The van der Waals surface area contributed by atoms with Gasteiger partial charge in [0.15, 0.2) is 0 Å². The van der Waals surface area contributed by atoms with E-state index in [1.807, 2.05) is 11.3 Å². The maximum atomic E-state index is 2.70. The van der Waals surface area contributed by atoms with Gasteiger partial charge in [-0.15, -0.1) is 11.3 Å². The van der Waals surface area contributed by atoms with E-state index in [-0.39, 0.29) is 33.8 Å². The van der Waals surface area contributed by atoms with Crippen molar-refractivity contribution in [3.8, 4) is 16.9 Å². The molecule has 2 aromatic heterocycles. The lowest BCUT2D eigenvalue weighted by Gasteiger charge is -2.42. The molecule has 0 fully saturated rings. The molecule has 74 heavy (non-hydrogen) atoms. The number of anilines is 6. The molecule has 8 aromatic carbocycles. The van der Waals surface area contributed by atoms with Gasteiger partial charge in [-0.2, -0.15) is 0 Å².